The monoisotopic (exact) mass is 373 g/mol. The summed E-state index contributed by atoms with van der Waals surface area (Å²) < 4.78 is 27.8. The quantitative estimate of drug-likeness (QED) is 0.818. The lowest BCUT2D eigenvalue weighted by atomic mass is 10.1. The van der Waals surface area contributed by atoms with E-state index in [1.165, 1.54) is 29.2 Å². The molecule has 5 nitrogen and oxygen atoms in total. The zero-order chi connectivity index (χ0) is 19.2. The van der Waals surface area contributed by atoms with Gasteiger partial charge in [-0.15, -0.1) is 0 Å². The number of benzene rings is 2. The lowest BCUT2D eigenvalue weighted by Crippen LogP contribution is -2.41. The molecule has 1 heterocycles. The molecular formula is C20H21F2N3O2. The number of amides is 2. The summed E-state index contributed by atoms with van der Waals surface area (Å²) in [6.45, 7) is 0.956. The molecular weight excluding hydrogens is 352 g/mol. The van der Waals surface area contributed by atoms with E-state index in [2.05, 4.69) is 10.6 Å². The molecule has 0 bridgehead atoms. The second-order valence-electron chi connectivity index (χ2n) is 6.50. The van der Waals surface area contributed by atoms with Gasteiger partial charge in [-0.3, -0.25) is 9.59 Å². The van der Waals surface area contributed by atoms with Crippen molar-refractivity contribution in [3.8, 4) is 0 Å². The smallest absolute Gasteiger partial charge is 0.244 e. The normalized spacial score (nSPS) is 16.1. The molecule has 0 radical (unpaired) electrons. The zero-order valence-electron chi connectivity index (χ0n) is 14.8. The van der Waals surface area contributed by atoms with Gasteiger partial charge in [0.2, 0.25) is 11.8 Å². The molecule has 1 aliphatic heterocycles. The topological polar surface area (TPSA) is 61.4 Å². The van der Waals surface area contributed by atoms with E-state index in [1.54, 1.807) is 24.3 Å². The third-order valence-corrected chi connectivity index (χ3v) is 4.52. The van der Waals surface area contributed by atoms with E-state index in [0.29, 0.717) is 18.5 Å². The zero-order valence-corrected chi connectivity index (χ0v) is 14.8. The van der Waals surface area contributed by atoms with Gasteiger partial charge in [-0.25, -0.2) is 8.78 Å². The van der Waals surface area contributed by atoms with Crippen LogP contribution in [0.2, 0.25) is 0 Å². The summed E-state index contributed by atoms with van der Waals surface area (Å²) in [5, 5.41) is 5.58. The highest BCUT2D eigenvalue weighted by Crippen LogP contribution is 2.17. The molecule has 27 heavy (non-hydrogen) atoms. The van der Waals surface area contributed by atoms with Crippen molar-refractivity contribution in [2.24, 2.45) is 5.92 Å². The van der Waals surface area contributed by atoms with E-state index in [1.807, 2.05) is 0 Å². The molecule has 0 spiro atoms. The molecule has 1 aliphatic rings. The van der Waals surface area contributed by atoms with Crippen LogP contribution in [0.4, 0.5) is 14.5 Å². The maximum atomic E-state index is 14.0. The second kappa shape index (κ2) is 8.73. The minimum atomic E-state index is -0.558. The van der Waals surface area contributed by atoms with Crippen molar-refractivity contribution in [2.75, 3.05) is 25.0 Å². The third-order valence-electron chi connectivity index (χ3n) is 4.52. The van der Waals surface area contributed by atoms with Crippen molar-refractivity contribution in [1.82, 2.24) is 10.2 Å². The molecule has 1 unspecified atom stereocenters. The summed E-state index contributed by atoms with van der Waals surface area (Å²) in [5.41, 5.74) is 0.374. The predicted octanol–water partition coefficient (Wildman–Crippen LogP) is 2.54. The van der Waals surface area contributed by atoms with Crippen LogP contribution in [0.5, 0.6) is 0 Å². The van der Waals surface area contributed by atoms with Crippen molar-refractivity contribution in [3.05, 3.63) is 65.7 Å². The number of halogens is 2. The van der Waals surface area contributed by atoms with Gasteiger partial charge >= 0.3 is 0 Å². The first-order chi connectivity index (χ1) is 13.0. The van der Waals surface area contributed by atoms with Crippen molar-refractivity contribution in [2.45, 2.75) is 13.0 Å². The van der Waals surface area contributed by atoms with Crippen LogP contribution >= 0.6 is 0 Å². The van der Waals surface area contributed by atoms with Crippen LogP contribution in [-0.4, -0.2) is 36.3 Å². The first-order valence-electron chi connectivity index (χ1n) is 8.82. The molecule has 1 saturated heterocycles. The van der Waals surface area contributed by atoms with Gasteiger partial charge in [-0.2, -0.15) is 0 Å². The summed E-state index contributed by atoms with van der Waals surface area (Å²) in [4.78, 5) is 26.5. The number of para-hydroxylation sites is 1. The molecule has 3 rings (SSSR count). The molecule has 0 aliphatic carbocycles. The minimum Gasteiger partial charge on any atom is -0.329 e. The fourth-order valence-electron chi connectivity index (χ4n) is 3.09. The summed E-state index contributed by atoms with van der Waals surface area (Å²) in [7, 11) is 0. The van der Waals surface area contributed by atoms with E-state index < -0.39 is 17.5 Å². The van der Waals surface area contributed by atoms with Crippen LogP contribution < -0.4 is 10.6 Å². The fourth-order valence-corrected chi connectivity index (χ4v) is 3.09. The largest absolute Gasteiger partial charge is 0.329 e. The number of anilines is 1. The van der Waals surface area contributed by atoms with Gasteiger partial charge in [-0.1, -0.05) is 30.3 Å². The van der Waals surface area contributed by atoms with Crippen LogP contribution in [0.25, 0.3) is 0 Å². The minimum absolute atomic E-state index is 0.0211. The number of carbonyl (C=O) groups is 2. The van der Waals surface area contributed by atoms with Gasteiger partial charge in [0.25, 0.3) is 0 Å². The highest BCUT2D eigenvalue weighted by molar-refractivity contribution is 5.95. The van der Waals surface area contributed by atoms with E-state index in [-0.39, 0.29) is 30.6 Å². The van der Waals surface area contributed by atoms with Crippen LogP contribution in [0, 0.1) is 17.6 Å². The molecule has 1 atom stereocenters. The van der Waals surface area contributed by atoms with Crippen LogP contribution in [-0.2, 0) is 16.1 Å². The molecule has 2 N–H and O–H groups in total. The van der Waals surface area contributed by atoms with E-state index in [0.717, 1.165) is 6.54 Å². The van der Waals surface area contributed by atoms with E-state index >= 15 is 0 Å². The Kier molecular flexibility index (Phi) is 6.13. The number of hydrogen-bond donors (Lipinski definition) is 2. The third kappa shape index (κ3) is 4.89. The van der Waals surface area contributed by atoms with Crippen LogP contribution in [0.15, 0.2) is 48.5 Å². The standard InChI is InChI=1S/C20H21F2N3O2/c21-16-6-2-1-5-15(16)12-25(20(27)14-9-10-23-11-14)13-19(26)24-18-8-4-3-7-17(18)22/h1-8,14,23H,9-13H2,(H,24,26). The lowest BCUT2D eigenvalue weighted by molar-refractivity contribution is -0.138. The molecule has 1 fully saturated rings. The molecule has 2 aromatic rings. The first-order valence-corrected chi connectivity index (χ1v) is 8.82. The Labute approximate surface area is 156 Å². The van der Waals surface area contributed by atoms with Gasteiger partial charge in [0, 0.05) is 18.7 Å². The maximum Gasteiger partial charge on any atom is 0.244 e. The Hall–Kier alpha value is -2.80. The van der Waals surface area contributed by atoms with Gasteiger partial charge < -0.3 is 15.5 Å². The van der Waals surface area contributed by atoms with Crippen LogP contribution in [0.3, 0.4) is 0 Å². The number of carbonyl (C=O) groups excluding carboxylic acids is 2. The first kappa shape index (κ1) is 19.0. The van der Waals surface area contributed by atoms with Crippen LogP contribution in [0.1, 0.15) is 12.0 Å². The Bertz CT molecular complexity index is 822. The van der Waals surface area contributed by atoms with Gasteiger partial charge in [-0.05, 0) is 31.2 Å². The molecule has 2 aromatic carbocycles. The fraction of sp³-hybridized carbons (Fsp3) is 0.300. The summed E-state index contributed by atoms with van der Waals surface area (Å²) in [6, 6.07) is 11.9. The SMILES string of the molecule is O=C(CN(Cc1ccccc1F)C(=O)C1CCNC1)Nc1ccccc1F. The molecule has 2 amide bonds. The second-order valence-corrected chi connectivity index (χ2v) is 6.50. The molecule has 0 aromatic heterocycles. The predicted molar refractivity (Wildman–Crippen MR) is 97.8 cm³/mol. The van der Waals surface area contributed by atoms with Crippen molar-refractivity contribution < 1.29 is 18.4 Å². The molecule has 0 saturated carbocycles. The number of hydrogen-bond acceptors (Lipinski definition) is 3. The number of nitrogens with zero attached hydrogens (tertiary/aromatic N) is 1. The number of rotatable bonds is 6. The van der Waals surface area contributed by atoms with Gasteiger partial charge in [0.15, 0.2) is 0 Å². The summed E-state index contributed by atoms with van der Waals surface area (Å²) in [6.07, 6.45) is 0.668. The molecule has 142 valence electrons. The van der Waals surface area contributed by atoms with Gasteiger partial charge in [0.1, 0.15) is 18.2 Å². The Morgan fingerprint density at radius 1 is 1.07 bits per heavy atom. The van der Waals surface area contributed by atoms with E-state index in [4.69, 9.17) is 0 Å². The molecule has 7 heteroatoms. The van der Waals surface area contributed by atoms with Crippen molar-refractivity contribution >= 4 is 17.5 Å². The number of nitrogens with one attached hydrogen (secondary N) is 2. The Balaban J connectivity index is 1.74. The maximum absolute atomic E-state index is 14.0. The highest BCUT2D eigenvalue weighted by atomic mass is 19.1. The Morgan fingerprint density at radius 2 is 1.78 bits per heavy atom. The van der Waals surface area contributed by atoms with Crippen molar-refractivity contribution in [3.63, 3.8) is 0 Å². The average Bonchev–Trinajstić information content (AvgIpc) is 3.19. The summed E-state index contributed by atoms with van der Waals surface area (Å²) >= 11 is 0. The van der Waals surface area contributed by atoms with E-state index in [9.17, 15) is 18.4 Å². The highest BCUT2D eigenvalue weighted by Gasteiger charge is 2.29. The average molecular weight is 373 g/mol. The Morgan fingerprint density at radius 3 is 2.44 bits per heavy atom. The summed E-state index contributed by atoms with van der Waals surface area (Å²) in [5.74, 6) is -1.99. The van der Waals surface area contributed by atoms with Crippen molar-refractivity contribution in [1.29, 1.82) is 0 Å². The van der Waals surface area contributed by atoms with Gasteiger partial charge in [0.05, 0.1) is 11.6 Å². The lowest BCUT2D eigenvalue weighted by Gasteiger charge is -2.25.